The van der Waals surface area contributed by atoms with Crippen molar-refractivity contribution in [2.24, 2.45) is 0 Å². The Morgan fingerprint density at radius 2 is 2.33 bits per heavy atom. The maximum Gasteiger partial charge on any atom is 0.137 e. The molecule has 15 heavy (non-hydrogen) atoms. The van der Waals surface area contributed by atoms with Crippen LogP contribution in [0.5, 0.6) is 5.75 Å². The number of pyridine rings is 1. The molecule has 0 fully saturated rings. The van der Waals surface area contributed by atoms with Crippen LogP contribution in [0.15, 0.2) is 18.3 Å². The Hall–Kier alpha value is -1.53. The van der Waals surface area contributed by atoms with Gasteiger partial charge in [0.2, 0.25) is 0 Å². The van der Waals surface area contributed by atoms with Gasteiger partial charge in [0.1, 0.15) is 5.75 Å². The van der Waals surface area contributed by atoms with Crippen LogP contribution in [0.25, 0.3) is 0 Å². The molecule has 0 saturated heterocycles. The van der Waals surface area contributed by atoms with Gasteiger partial charge in [-0.2, -0.15) is 0 Å². The van der Waals surface area contributed by atoms with Crippen LogP contribution < -0.4 is 10.1 Å². The van der Waals surface area contributed by atoms with Crippen molar-refractivity contribution < 1.29 is 4.74 Å². The summed E-state index contributed by atoms with van der Waals surface area (Å²) in [5.74, 6) is 6.57. The average Bonchev–Trinajstić information content (AvgIpc) is 2.27. The van der Waals surface area contributed by atoms with Gasteiger partial charge in [0.25, 0.3) is 0 Å². The van der Waals surface area contributed by atoms with Gasteiger partial charge in [-0.25, -0.2) is 0 Å². The van der Waals surface area contributed by atoms with Crippen LogP contribution in [-0.2, 0) is 6.54 Å². The Kier molecular flexibility index (Phi) is 5.28. The Bertz CT molecular complexity index is 335. The van der Waals surface area contributed by atoms with Gasteiger partial charge in [-0.05, 0) is 26.1 Å². The van der Waals surface area contributed by atoms with E-state index in [4.69, 9.17) is 4.74 Å². The molecule has 0 amide bonds. The van der Waals surface area contributed by atoms with E-state index in [0.717, 1.165) is 24.4 Å². The van der Waals surface area contributed by atoms with Gasteiger partial charge in [-0.15, -0.1) is 11.8 Å². The number of rotatable bonds is 5. The van der Waals surface area contributed by atoms with Crippen LogP contribution in [0.2, 0.25) is 0 Å². The standard InChI is InChI=1S/C12H16N2O/c1-3-4-5-8-15-12-7-6-11(9-13-2)14-10-12/h6-7,10,13H,5,8-9H2,1-2H3. The molecule has 1 aromatic heterocycles. The molecule has 1 rings (SSSR count). The largest absolute Gasteiger partial charge is 0.491 e. The summed E-state index contributed by atoms with van der Waals surface area (Å²) in [6, 6.07) is 3.89. The summed E-state index contributed by atoms with van der Waals surface area (Å²) in [5, 5.41) is 3.04. The van der Waals surface area contributed by atoms with Crippen molar-refractivity contribution >= 4 is 0 Å². The highest BCUT2D eigenvalue weighted by atomic mass is 16.5. The topological polar surface area (TPSA) is 34.1 Å². The molecule has 3 heteroatoms. The molecule has 0 aliphatic rings. The van der Waals surface area contributed by atoms with E-state index in [2.05, 4.69) is 22.1 Å². The molecule has 80 valence electrons. The minimum Gasteiger partial charge on any atom is -0.491 e. The van der Waals surface area contributed by atoms with E-state index in [9.17, 15) is 0 Å². The minimum atomic E-state index is 0.619. The van der Waals surface area contributed by atoms with Gasteiger partial charge in [0, 0.05) is 13.0 Å². The van der Waals surface area contributed by atoms with Crippen molar-refractivity contribution in [2.45, 2.75) is 19.9 Å². The quantitative estimate of drug-likeness (QED) is 0.584. The zero-order valence-corrected chi connectivity index (χ0v) is 9.21. The lowest BCUT2D eigenvalue weighted by molar-refractivity contribution is 0.325. The van der Waals surface area contributed by atoms with Crippen LogP contribution >= 0.6 is 0 Å². The molecule has 0 atom stereocenters. The van der Waals surface area contributed by atoms with Gasteiger partial charge in [0.15, 0.2) is 0 Å². The number of ether oxygens (including phenoxy) is 1. The fraction of sp³-hybridized carbons (Fsp3) is 0.417. The maximum absolute atomic E-state index is 5.46. The fourth-order valence-corrected chi connectivity index (χ4v) is 1.13. The molecule has 1 aromatic rings. The van der Waals surface area contributed by atoms with Crippen LogP contribution in [0.4, 0.5) is 0 Å². The molecule has 0 aliphatic heterocycles. The number of hydrogen-bond acceptors (Lipinski definition) is 3. The smallest absolute Gasteiger partial charge is 0.137 e. The molecule has 0 unspecified atom stereocenters. The highest BCUT2D eigenvalue weighted by molar-refractivity contribution is 5.19. The normalized spacial score (nSPS) is 9.20. The molecule has 0 aliphatic carbocycles. The fourth-order valence-electron chi connectivity index (χ4n) is 1.13. The lowest BCUT2D eigenvalue weighted by Crippen LogP contribution is -2.06. The zero-order valence-electron chi connectivity index (χ0n) is 9.21. The van der Waals surface area contributed by atoms with Crippen molar-refractivity contribution in [3.05, 3.63) is 24.0 Å². The van der Waals surface area contributed by atoms with Gasteiger partial charge >= 0.3 is 0 Å². The van der Waals surface area contributed by atoms with Crippen molar-refractivity contribution in [2.75, 3.05) is 13.7 Å². The monoisotopic (exact) mass is 204 g/mol. The second-order valence-electron chi connectivity index (χ2n) is 3.04. The number of nitrogens with one attached hydrogen (secondary N) is 1. The summed E-state index contributed by atoms with van der Waals surface area (Å²) in [7, 11) is 1.90. The molecule has 0 bridgehead atoms. The summed E-state index contributed by atoms with van der Waals surface area (Å²) < 4.78 is 5.46. The highest BCUT2D eigenvalue weighted by Crippen LogP contribution is 2.08. The van der Waals surface area contributed by atoms with Gasteiger partial charge in [-0.1, -0.05) is 0 Å². The highest BCUT2D eigenvalue weighted by Gasteiger charge is 1.95. The first-order chi connectivity index (χ1) is 7.36. The summed E-state index contributed by atoms with van der Waals surface area (Å²) in [4.78, 5) is 4.24. The molecule has 0 saturated carbocycles. The van der Waals surface area contributed by atoms with Gasteiger partial charge < -0.3 is 10.1 Å². The molecule has 0 spiro atoms. The number of aromatic nitrogens is 1. The van der Waals surface area contributed by atoms with E-state index in [1.807, 2.05) is 26.1 Å². The predicted octanol–water partition coefficient (Wildman–Crippen LogP) is 1.59. The van der Waals surface area contributed by atoms with Crippen molar-refractivity contribution in [3.63, 3.8) is 0 Å². The van der Waals surface area contributed by atoms with Crippen molar-refractivity contribution in [1.29, 1.82) is 0 Å². The third kappa shape index (κ3) is 4.48. The Morgan fingerprint density at radius 3 is 2.93 bits per heavy atom. The third-order valence-corrected chi connectivity index (χ3v) is 1.83. The lowest BCUT2D eigenvalue weighted by atomic mass is 10.3. The molecule has 0 aromatic carbocycles. The zero-order chi connectivity index (χ0) is 10.9. The molecular weight excluding hydrogens is 188 g/mol. The molecule has 0 radical (unpaired) electrons. The first-order valence-corrected chi connectivity index (χ1v) is 4.98. The van der Waals surface area contributed by atoms with Crippen LogP contribution in [0.1, 0.15) is 19.0 Å². The third-order valence-electron chi connectivity index (χ3n) is 1.83. The summed E-state index contributed by atoms with van der Waals surface area (Å²) >= 11 is 0. The molecule has 1 heterocycles. The predicted molar refractivity (Wildman–Crippen MR) is 60.6 cm³/mol. The SMILES string of the molecule is CC#CCCOc1ccc(CNC)nc1. The average molecular weight is 204 g/mol. The first kappa shape index (κ1) is 11.5. The van der Waals surface area contributed by atoms with Crippen molar-refractivity contribution in [3.8, 4) is 17.6 Å². The van der Waals surface area contributed by atoms with E-state index in [1.54, 1.807) is 6.20 Å². The van der Waals surface area contributed by atoms with E-state index in [-0.39, 0.29) is 0 Å². The molecule has 1 N–H and O–H groups in total. The summed E-state index contributed by atoms with van der Waals surface area (Å²) in [6.45, 7) is 3.23. The second kappa shape index (κ2) is 6.86. The maximum atomic E-state index is 5.46. The Labute approximate surface area is 90.9 Å². The van der Waals surface area contributed by atoms with E-state index >= 15 is 0 Å². The van der Waals surface area contributed by atoms with Crippen LogP contribution in [0.3, 0.4) is 0 Å². The lowest BCUT2D eigenvalue weighted by Gasteiger charge is -2.04. The van der Waals surface area contributed by atoms with E-state index < -0.39 is 0 Å². The van der Waals surface area contributed by atoms with Gasteiger partial charge in [0.05, 0.1) is 18.5 Å². The number of hydrogen-bond donors (Lipinski definition) is 1. The van der Waals surface area contributed by atoms with Gasteiger partial charge in [-0.3, -0.25) is 4.98 Å². The summed E-state index contributed by atoms with van der Waals surface area (Å²) in [6.07, 6.45) is 2.50. The van der Waals surface area contributed by atoms with Crippen molar-refractivity contribution in [1.82, 2.24) is 10.3 Å². The number of nitrogens with zero attached hydrogens (tertiary/aromatic N) is 1. The minimum absolute atomic E-state index is 0.619. The Balaban J connectivity index is 2.38. The second-order valence-corrected chi connectivity index (χ2v) is 3.04. The van der Waals surface area contributed by atoms with E-state index in [0.29, 0.717) is 6.61 Å². The van der Waals surface area contributed by atoms with Crippen LogP contribution in [-0.4, -0.2) is 18.6 Å². The van der Waals surface area contributed by atoms with E-state index in [1.165, 1.54) is 0 Å². The Morgan fingerprint density at radius 1 is 1.47 bits per heavy atom. The summed E-state index contributed by atoms with van der Waals surface area (Å²) in [5.41, 5.74) is 1.01. The first-order valence-electron chi connectivity index (χ1n) is 4.98. The molecular formula is C12H16N2O. The van der Waals surface area contributed by atoms with Crippen LogP contribution in [0, 0.1) is 11.8 Å². The molecule has 3 nitrogen and oxygen atoms in total.